The molecule has 0 aromatic heterocycles. The number of carboxylic acid groups (broad SMARTS) is 1. The number of amides is 1. The summed E-state index contributed by atoms with van der Waals surface area (Å²) < 4.78 is 0.579. The molecule has 2 unspecified atom stereocenters. The second-order valence-electron chi connectivity index (χ2n) is 4.12. The molecule has 0 saturated carbocycles. The van der Waals surface area contributed by atoms with Gasteiger partial charge in [-0.05, 0) is 48.0 Å². The van der Waals surface area contributed by atoms with Gasteiger partial charge in [0.2, 0.25) is 5.91 Å². The van der Waals surface area contributed by atoms with E-state index in [1.165, 1.54) is 0 Å². The van der Waals surface area contributed by atoms with Crippen molar-refractivity contribution in [3.63, 3.8) is 0 Å². The molecule has 0 aliphatic heterocycles. The van der Waals surface area contributed by atoms with E-state index in [9.17, 15) is 9.59 Å². The van der Waals surface area contributed by atoms with Gasteiger partial charge in [0.15, 0.2) is 0 Å². The van der Waals surface area contributed by atoms with Crippen LogP contribution < -0.4 is 11.1 Å². The number of primary amides is 1. The summed E-state index contributed by atoms with van der Waals surface area (Å²) >= 11 is 3.25. The third kappa shape index (κ3) is 3.46. The Kier molecular flexibility index (Phi) is 4.72. The van der Waals surface area contributed by atoms with Crippen LogP contribution in [0.1, 0.15) is 24.2 Å². The predicted octanol–water partition coefficient (Wildman–Crippen LogP) is 2.07. The van der Waals surface area contributed by atoms with E-state index in [0.717, 1.165) is 5.69 Å². The molecule has 0 bridgehead atoms. The van der Waals surface area contributed by atoms with Crippen LogP contribution in [-0.4, -0.2) is 23.0 Å². The van der Waals surface area contributed by atoms with E-state index in [-0.39, 0.29) is 6.04 Å². The minimum atomic E-state index is -0.858. The van der Waals surface area contributed by atoms with Gasteiger partial charge in [0.05, 0.1) is 11.5 Å². The lowest BCUT2D eigenvalue weighted by Gasteiger charge is -2.19. The Hall–Kier alpha value is -1.56. The maximum absolute atomic E-state index is 11.0. The average molecular weight is 315 g/mol. The summed E-state index contributed by atoms with van der Waals surface area (Å²) in [6.07, 6.45) is 0. The number of aliphatic carboxylic acids is 1. The van der Waals surface area contributed by atoms with Crippen LogP contribution in [-0.2, 0) is 4.79 Å². The number of benzene rings is 1. The van der Waals surface area contributed by atoms with Gasteiger partial charge in [-0.1, -0.05) is 0 Å². The highest BCUT2D eigenvalue weighted by Crippen LogP contribution is 2.22. The number of nitrogens with two attached hydrogens (primary N) is 1. The lowest BCUT2D eigenvalue weighted by atomic mass is 10.0. The number of carbonyl (C=O) groups is 2. The molecule has 1 aromatic rings. The summed E-state index contributed by atoms with van der Waals surface area (Å²) in [7, 11) is 0. The molecule has 4 N–H and O–H groups in total. The SMILES string of the molecule is CC(Nc1ccc(C(N)=O)c(Br)c1)C(C)C(=O)O. The molecule has 1 aromatic carbocycles. The number of hydrogen-bond acceptors (Lipinski definition) is 3. The van der Waals surface area contributed by atoms with Crippen molar-refractivity contribution in [2.45, 2.75) is 19.9 Å². The van der Waals surface area contributed by atoms with Gasteiger partial charge in [0.1, 0.15) is 0 Å². The number of anilines is 1. The Balaban J connectivity index is 2.84. The topological polar surface area (TPSA) is 92.4 Å². The van der Waals surface area contributed by atoms with E-state index in [1.54, 1.807) is 32.0 Å². The number of carboxylic acids is 1. The van der Waals surface area contributed by atoms with Crippen LogP contribution in [0.3, 0.4) is 0 Å². The van der Waals surface area contributed by atoms with E-state index in [1.807, 2.05) is 0 Å². The smallest absolute Gasteiger partial charge is 0.308 e. The molecule has 0 heterocycles. The molecule has 1 amide bonds. The Bertz CT molecular complexity index is 476. The van der Waals surface area contributed by atoms with Crippen LogP contribution in [0, 0.1) is 5.92 Å². The van der Waals surface area contributed by atoms with Crippen molar-refractivity contribution in [3.05, 3.63) is 28.2 Å². The number of halogens is 1. The van der Waals surface area contributed by atoms with Crippen molar-refractivity contribution >= 4 is 33.5 Å². The first kappa shape index (κ1) is 14.5. The molecular weight excluding hydrogens is 300 g/mol. The first-order valence-corrected chi connectivity index (χ1v) is 6.21. The van der Waals surface area contributed by atoms with Gasteiger partial charge in [-0.2, -0.15) is 0 Å². The number of carbonyl (C=O) groups excluding carboxylic acids is 1. The molecule has 0 aliphatic carbocycles. The second kappa shape index (κ2) is 5.86. The molecule has 5 nitrogen and oxygen atoms in total. The summed E-state index contributed by atoms with van der Waals surface area (Å²) in [5.41, 5.74) is 6.30. The second-order valence-corrected chi connectivity index (χ2v) is 4.97. The quantitative estimate of drug-likeness (QED) is 0.775. The molecule has 0 aliphatic rings. The third-order valence-corrected chi connectivity index (χ3v) is 3.42. The Morgan fingerprint density at radius 2 is 2.00 bits per heavy atom. The minimum absolute atomic E-state index is 0.228. The number of rotatable bonds is 5. The standard InChI is InChI=1S/C12H15BrN2O3/c1-6(12(17)18)7(2)15-8-3-4-9(11(14)16)10(13)5-8/h3-7,15H,1-2H3,(H2,14,16)(H,17,18). The van der Waals surface area contributed by atoms with Crippen molar-refractivity contribution in [2.24, 2.45) is 11.7 Å². The lowest BCUT2D eigenvalue weighted by molar-refractivity contribution is -0.141. The summed E-state index contributed by atoms with van der Waals surface area (Å²) in [5, 5.41) is 12.0. The highest BCUT2D eigenvalue weighted by Gasteiger charge is 2.19. The first-order valence-electron chi connectivity index (χ1n) is 5.41. The predicted molar refractivity (Wildman–Crippen MR) is 72.5 cm³/mol. The van der Waals surface area contributed by atoms with Crippen molar-refractivity contribution in [2.75, 3.05) is 5.32 Å². The first-order chi connectivity index (χ1) is 8.32. The zero-order valence-corrected chi connectivity index (χ0v) is 11.7. The molecule has 0 fully saturated rings. The van der Waals surface area contributed by atoms with Crippen LogP contribution in [0.2, 0.25) is 0 Å². The Morgan fingerprint density at radius 1 is 1.39 bits per heavy atom. The van der Waals surface area contributed by atoms with E-state index in [0.29, 0.717) is 10.0 Å². The fourth-order valence-corrected chi connectivity index (χ4v) is 1.98. The van der Waals surface area contributed by atoms with Gasteiger partial charge in [-0.25, -0.2) is 0 Å². The van der Waals surface area contributed by atoms with Crippen molar-refractivity contribution in [1.82, 2.24) is 0 Å². The monoisotopic (exact) mass is 314 g/mol. The largest absolute Gasteiger partial charge is 0.481 e. The zero-order chi connectivity index (χ0) is 13.9. The van der Waals surface area contributed by atoms with Gasteiger partial charge in [-0.3, -0.25) is 9.59 Å². The van der Waals surface area contributed by atoms with Crippen molar-refractivity contribution in [3.8, 4) is 0 Å². The van der Waals surface area contributed by atoms with Gasteiger partial charge >= 0.3 is 5.97 Å². The fraction of sp³-hybridized carbons (Fsp3) is 0.333. The molecule has 18 heavy (non-hydrogen) atoms. The molecule has 0 spiro atoms. The van der Waals surface area contributed by atoms with Crippen LogP contribution in [0.15, 0.2) is 22.7 Å². The maximum atomic E-state index is 11.0. The van der Waals surface area contributed by atoms with Crippen molar-refractivity contribution in [1.29, 1.82) is 0 Å². The molecular formula is C12H15BrN2O3. The van der Waals surface area contributed by atoms with Crippen LogP contribution in [0.5, 0.6) is 0 Å². The van der Waals surface area contributed by atoms with Gasteiger partial charge < -0.3 is 16.2 Å². The molecule has 0 saturated heterocycles. The van der Waals surface area contributed by atoms with Gasteiger partial charge in [0, 0.05) is 16.2 Å². The van der Waals surface area contributed by atoms with Gasteiger partial charge in [-0.15, -0.1) is 0 Å². The van der Waals surface area contributed by atoms with Gasteiger partial charge in [0.25, 0.3) is 0 Å². The summed E-state index contributed by atoms with van der Waals surface area (Å²) in [4.78, 5) is 21.9. The molecule has 6 heteroatoms. The number of hydrogen-bond donors (Lipinski definition) is 3. The average Bonchev–Trinajstić information content (AvgIpc) is 2.27. The fourth-order valence-electron chi connectivity index (χ4n) is 1.41. The van der Waals surface area contributed by atoms with Crippen LogP contribution in [0.25, 0.3) is 0 Å². The zero-order valence-electron chi connectivity index (χ0n) is 10.1. The third-order valence-electron chi connectivity index (χ3n) is 2.77. The van der Waals surface area contributed by atoms with E-state index < -0.39 is 17.8 Å². The van der Waals surface area contributed by atoms with Crippen LogP contribution >= 0.6 is 15.9 Å². The Labute approximate surface area is 113 Å². The molecule has 1 rings (SSSR count). The van der Waals surface area contributed by atoms with Crippen molar-refractivity contribution < 1.29 is 14.7 Å². The normalized spacial score (nSPS) is 13.7. The summed E-state index contributed by atoms with van der Waals surface area (Å²) in [5.74, 6) is -1.89. The Morgan fingerprint density at radius 3 is 2.44 bits per heavy atom. The molecule has 2 atom stereocenters. The highest BCUT2D eigenvalue weighted by atomic mass is 79.9. The summed E-state index contributed by atoms with van der Waals surface area (Å²) in [6, 6.07) is 4.75. The maximum Gasteiger partial charge on any atom is 0.308 e. The minimum Gasteiger partial charge on any atom is -0.481 e. The van der Waals surface area contributed by atoms with Crippen LogP contribution in [0.4, 0.5) is 5.69 Å². The van der Waals surface area contributed by atoms with E-state index in [2.05, 4.69) is 21.2 Å². The van der Waals surface area contributed by atoms with E-state index in [4.69, 9.17) is 10.8 Å². The molecule has 98 valence electrons. The highest BCUT2D eigenvalue weighted by molar-refractivity contribution is 9.10. The van der Waals surface area contributed by atoms with E-state index >= 15 is 0 Å². The number of nitrogens with one attached hydrogen (secondary N) is 1. The lowest BCUT2D eigenvalue weighted by Crippen LogP contribution is -2.29. The summed E-state index contributed by atoms with van der Waals surface area (Å²) in [6.45, 7) is 3.42. The molecule has 0 radical (unpaired) electrons.